The SMILES string of the molecule is COc1cccc(-c2cc(C3CCN(C(=O)Nc4ccc(OC)cc4OC)CC3)[nH]n2)c1. The fourth-order valence-electron chi connectivity index (χ4n) is 3.97. The zero-order valence-corrected chi connectivity index (χ0v) is 18.6. The van der Waals surface area contributed by atoms with E-state index in [1.165, 1.54) is 0 Å². The predicted molar refractivity (Wildman–Crippen MR) is 123 cm³/mol. The van der Waals surface area contributed by atoms with Gasteiger partial charge in [0.1, 0.15) is 17.2 Å². The molecule has 8 nitrogen and oxygen atoms in total. The lowest BCUT2D eigenvalue weighted by Gasteiger charge is -2.31. The quantitative estimate of drug-likeness (QED) is 0.593. The highest BCUT2D eigenvalue weighted by molar-refractivity contribution is 5.91. The molecule has 1 aliphatic rings. The second kappa shape index (κ2) is 9.64. The number of amides is 2. The predicted octanol–water partition coefficient (Wildman–Crippen LogP) is 4.51. The van der Waals surface area contributed by atoms with Crippen LogP contribution in [0.4, 0.5) is 10.5 Å². The Hall–Kier alpha value is -3.68. The minimum absolute atomic E-state index is 0.131. The zero-order chi connectivity index (χ0) is 22.5. The van der Waals surface area contributed by atoms with Crippen LogP contribution in [0.25, 0.3) is 11.3 Å². The maximum absolute atomic E-state index is 12.8. The molecule has 0 bridgehead atoms. The van der Waals surface area contributed by atoms with Crippen molar-refractivity contribution in [3.8, 4) is 28.5 Å². The summed E-state index contributed by atoms with van der Waals surface area (Å²) in [6, 6.07) is 15.2. The van der Waals surface area contributed by atoms with Crippen molar-refractivity contribution in [1.82, 2.24) is 15.1 Å². The largest absolute Gasteiger partial charge is 0.497 e. The van der Waals surface area contributed by atoms with Gasteiger partial charge in [0.05, 0.1) is 32.7 Å². The highest BCUT2D eigenvalue weighted by Crippen LogP contribution is 2.32. The van der Waals surface area contributed by atoms with Gasteiger partial charge in [0.25, 0.3) is 0 Å². The van der Waals surface area contributed by atoms with Gasteiger partial charge in [0.15, 0.2) is 0 Å². The number of likely N-dealkylation sites (tertiary alicyclic amines) is 1. The number of hydrogen-bond donors (Lipinski definition) is 2. The number of nitrogens with zero attached hydrogens (tertiary/aromatic N) is 2. The second-order valence-corrected chi connectivity index (χ2v) is 7.70. The van der Waals surface area contributed by atoms with Crippen LogP contribution in [0.5, 0.6) is 17.2 Å². The number of carbonyl (C=O) groups is 1. The van der Waals surface area contributed by atoms with Crippen LogP contribution in [0.15, 0.2) is 48.5 Å². The van der Waals surface area contributed by atoms with Gasteiger partial charge < -0.3 is 24.4 Å². The molecular weight excluding hydrogens is 408 g/mol. The number of anilines is 1. The molecule has 1 aliphatic heterocycles. The summed E-state index contributed by atoms with van der Waals surface area (Å²) in [6.07, 6.45) is 1.74. The van der Waals surface area contributed by atoms with Crippen LogP contribution in [0.1, 0.15) is 24.5 Å². The first-order chi connectivity index (χ1) is 15.6. The van der Waals surface area contributed by atoms with Crippen LogP contribution in [-0.2, 0) is 0 Å². The molecule has 2 amide bonds. The molecule has 1 aromatic heterocycles. The molecule has 0 aliphatic carbocycles. The maximum atomic E-state index is 12.8. The summed E-state index contributed by atoms with van der Waals surface area (Å²) in [4.78, 5) is 14.6. The number of aromatic amines is 1. The molecule has 8 heteroatoms. The molecule has 0 unspecified atom stereocenters. The molecule has 1 fully saturated rings. The summed E-state index contributed by atoms with van der Waals surface area (Å²) in [6.45, 7) is 1.34. The van der Waals surface area contributed by atoms with E-state index >= 15 is 0 Å². The van der Waals surface area contributed by atoms with E-state index in [1.54, 1.807) is 39.5 Å². The van der Waals surface area contributed by atoms with Crippen LogP contribution in [-0.4, -0.2) is 55.5 Å². The Kier molecular flexibility index (Phi) is 6.49. The average Bonchev–Trinajstić information content (AvgIpc) is 3.35. The molecule has 168 valence electrons. The molecule has 0 atom stereocenters. The third kappa shape index (κ3) is 4.64. The van der Waals surface area contributed by atoms with E-state index in [0.717, 1.165) is 35.5 Å². The normalized spacial score (nSPS) is 14.2. The number of benzene rings is 2. The fraction of sp³-hybridized carbons (Fsp3) is 0.333. The second-order valence-electron chi connectivity index (χ2n) is 7.70. The smallest absolute Gasteiger partial charge is 0.321 e. The molecule has 3 aromatic rings. The fourth-order valence-corrected chi connectivity index (χ4v) is 3.97. The molecule has 32 heavy (non-hydrogen) atoms. The van der Waals surface area contributed by atoms with Gasteiger partial charge in [-0.25, -0.2) is 4.79 Å². The van der Waals surface area contributed by atoms with Gasteiger partial charge in [-0.2, -0.15) is 5.10 Å². The Morgan fingerprint density at radius 2 is 1.75 bits per heavy atom. The standard InChI is InChI=1S/C24H28N4O4/c1-30-18-6-4-5-17(13-18)22-15-21(26-27-22)16-9-11-28(12-10-16)24(29)25-20-8-7-19(31-2)14-23(20)32-3/h4-8,13-16H,9-12H2,1-3H3,(H,25,29)(H,26,27). The summed E-state index contributed by atoms with van der Waals surface area (Å²) < 4.78 is 15.9. The van der Waals surface area contributed by atoms with E-state index in [2.05, 4.69) is 21.6 Å². The minimum Gasteiger partial charge on any atom is -0.497 e. The third-order valence-corrected chi connectivity index (χ3v) is 5.84. The summed E-state index contributed by atoms with van der Waals surface area (Å²) >= 11 is 0. The zero-order valence-electron chi connectivity index (χ0n) is 18.6. The number of carbonyl (C=O) groups excluding carboxylic acids is 1. The number of H-pyrrole nitrogens is 1. The number of hydrogen-bond acceptors (Lipinski definition) is 5. The molecule has 0 spiro atoms. The Labute approximate surface area is 187 Å². The average molecular weight is 437 g/mol. The van der Waals surface area contributed by atoms with E-state index < -0.39 is 0 Å². The van der Waals surface area contributed by atoms with Crippen molar-refractivity contribution in [2.45, 2.75) is 18.8 Å². The van der Waals surface area contributed by atoms with Gasteiger partial charge >= 0.3 is 6.03 Å². The van der Waals surface area contributed by atoms with Crippen LogP contribution >= 0.6 is 0 Å². The summed E-state index contributed by atoms with van der Waals surface area (Å²) in [5.41, 5.74) is 3.62. The Morgan fingerprint density at radius 3 is 2.47 bits per heavy atom. The van der Waals surface area contributed by atoms with Crippen molar-refractivity contribution in [2.24, 2.45) is 0 Å². The summed E-state index contributed by atoms with van der Waals surface area (Å²) in [7, 11) is 4.82. The number of nitrogens with one attached hydrogen (secondary N) is 2. The Balaban J connectivity index is 1.36. The minimum atomic E-state index is -0.131. The van der Waals surface area contributed by atoms with E-state index in [9.17, 15) is 4.79 Å². The monoisotopic (exact) mass is 436 g/mol. The van der Waals surface area contributed by atoms with Gasteiger partial charge in [-0.15, -0.1) is 0 Å². The molecule has 2 heterocycles. The first-order valence-electron chi connectivity index (χ1n) is 10.6. The molecule has 4 rings (SSSR count). The number of aromatic nitrogens is 2. The number of piperidine rings is 1. The number of urea groups is 1. The van der Waals surface area contributed by atoms with Gasteiger partial charge in [-0.05, 0) is 43.2 Å². The lowest BCUT2D eigenvalue weighted by molar-refractivity contribution is 0.194. The van der Waals surface area contributed by atoms with Gasteiger partial charge in [-0.1, -0.05) is 12.1 Å². The summed E-state index contributed by atoms with van der Waals surface area (Å²) in [5, 5.41) is 10.6. The molecule has 2 N–H and O–H groups in total. The summed E-state index contributed by atoms with van der Waals surface area (Å²) in [5.74, 6) is 2.38. The van der Waals surface area contributed by atoms with Crippen LogP contribution < -0.4 is 19.5 Å². The number of methoxy groups -OCH3 is 3. The van der Waals surface area contributed by atoms with E-state index in [1.807, 2.05) is 29.2 Å². The van der Waals surface area contributed by atoms with E-state index in [4.69, 9.17) is 14.2 Å². The van der Waals surface area contributed by atoms with Crippen molar-refractivity contribution in [2.75, 3.05) is 39.7 Å². The van der Waals surface area contributed by atoms with Crippen molar-refractivity contribution >= 4 is 11.7 Å². The van der Waals surface area contributed by atoms with Crippen molar-refractivity contribution in [1.29, 1.82) is 0 Å². The van der Waals surface area contributed by atoms with Crippen LogP contribution in [0.2, 0.25) is 0 Å². The number of rotatable bonds is 6. The Bertz CT molecular complexity index is 1070. The third-order valence-electron chi connectivity index (χ3n) is 5.84. The Morgan fingerprint density at radius 1 is 1.00 bits per heavy atom. The van der Waals surface area contributed by atoms with E-state index in [-0.39, 0.29) is 6.03 Å². The molecule has 2 aromatic carbocycles. The molecule has 0 radical (unpaired) electrons. The lowest BCUT2D eigenvalue weighted by Crippen LogP contribution is -2.40. The highest BCUT2D eigenvalue weighted by atomic mass is 16.5. The van der Waals surface area contributed by atoms with Gasteiger partial charge in [-0.3, -0.25) is 5.10 Å². The molecule has 1 saturated heterocycles. The van der Waals surface area contributed by atoms with Crippen LogP contribution in [0, 0.1) is 0 Å². The van der Waals surface area contributed by atoms with Gasteiger partial charge in [0, 0.05) is 36.3 Å². The topological polar surface area (TPSA) is 88.7 Å². The van der Waals surface area contributed by atoms with Crippen molar-refractivity contribution in [3.05, 3.63) is 54.2 Å². The maximum Gasteiger partial charge on any atom is 0.321 e. The van der Waals surface area contributed by atoms with Gasteiger partial charge in [0.2, 0.25) is 0 Å². The van der Waals surface area contributed by atoms with Crippen molar-refractivity contribution in [3.63, 3.8) is 0 Å². The van der Waals surface area contributed by atoms with Crippen LogP contribution in [0.3, 0.4) is 0 Å². The first-order valence-corrected chi connectivity index (χ1v) is 10.6. The molecule has 0 saturated carbocycles. The highest BCUT2D eigenvalue weighted by Gasteiger charge is 2.26. The van der Waals surface area contributed by atoms with E-state index in [0.29, 0.717) is 36.2 Å². The first kappa shape index (κ1) is 21.5. The van der Waals surface area contributed by atoms with Crippen molar-refractivity contribution < 1.29 is 19.0 Å². The number of ether oxygens (including phenoxy) is 3. The molecular formula is C24H28N4O4. The lowest BCUT2D eigenvalue weighted by atomic mass is 9.93.